The molecule has 32 heavy (non-hydrogen) atoms. The molecule has 1 amide bonds. The van der Waals surface area contributed by atoms with Crippen LogP contribution in [-0.4, -0.2) is 17.7 Å². The average Bonchev–Trinajstić information content (AvgIpc) is 3.58. The Morgan fingerprint density at radius 2 is 2.03 bits per heavy atom. The molecule has 1 aromatic carbocycles. The number of anilines is 2. The molecule has 0 unspecified atom stereocenters. The highest BCUT2D eigenvalue weighted by atomic mass is 32.1. The number of pyridine rings is 1. The van der Waals surface area contributed by atoms with Crippen molar-refractivity contribution < 1.29 is 18.7 Å². The predicted molar refractivity (Wildman–Crippen MR) is 123 cm³/mol. The number of carbonyl (C=O) groups excluding carboxylic acids is 1. The van der Waals surface area contributed by atoms with Gasteiger partial charge >= 0.3 is 0 Å². The maximum absolute atomic E-state index is 12.7. The van der Waals surface area contributed by atoms with Crippen LogP contribution in [0.4, 0.5) is 10.8 Å². The van der Waals surface area contributed by atoms with Gasteiger partial charge in [0.15, 0.2) is 17.3 Å². The van der Waals surface area contributed by atoms with E-state index in [1.165, 1.54) is 6.26 Å². The van der Waals surface area contributed by atoms with Crippen molar-refractivity contribution in [3.63, 3.8) is 0 Å². The molecular weight excluding hydrogens is 426 g/mol. The van der Waals surface area contributed by atoms with E-state index in [0.29, 0.717) is 5.75 Å². The van der Waals surface area contributed by atoms with Crippen molar-refractivity contribution in [1.29, 1.82) is 0 Å². The number of nitrogens with zero attached hydrogens (tertiary/aromatic N) is 1. The Morgan fingerprint density at radius 3 is 2.81 bits per heavy atom. The summed E-state index contributed by atoms with van der Waals surface area (Å²) >= 11 is 1.55. The predicted octanol–water partition coefficient (Wildman–Crippen LogP) is 5.48. The summed E-state index contributed by atoms with van der Waals surface area (Å²) in [6.45, 7) is 2.30. The number of furan rings is 1. The molecule has 0 radical (unpaired) electrons. The molecule has 2 N–H and O–H groups in total. The van der Waals surface area contributed by atoms with Crippen LogP contribution in [0.5, 0.6) is 11.5 Å². The fourth-order valence-corrected chi connectivity index (χ4v) is 4.58. The number of aryl methyl sites for hydroxylation is 1. The molecule has 0 aliphatic carbocycles. The number of aromatic nitrogens is 1. The van der Waals surface area contributed by atoms with Gasteiger partial charge in [0.1, 0.15) is 10.8 Å². The Labute approximate surface area is 189 Å². The standard InChI is InChI=1S/C24H21N3O4S/c1-2-16-13-17(24(32-16)27-23(28)19-6-5-11-29-19)22(26-21-7-3-4-10-25-21)15-8-9-18-20(12-15)31-14-30-18/h3-13,22H,2,14H2,1H3,(H,25,26)(H,27,28)/t22-/m1/s1. The first-order valence-electron chi connectivity index (χ1n) is 10.3. The monoisotopic (exact) mass is 447 g/mol. The van der Waals surface area contributed by atoms with E-state index in [-0.39, 0.29) is 24.5 Å². The number of hydrogen-bond donors (Lipinski definition) is 2. The number of nitrogens with one attached hydrogen (secondary N) is 2. The Kier molecular flexibility index (Phi) is 5.51. The van der Waals surface area contributed by atoms with Gasteiger partial charge in [0, 0.05) is 16.6 Å². The molecule has 4 aromatic rings. The van der Waals surface area contributed by atoms with Crippen LogP contribution in [0.1, 0.15) is 39.5 Å². The quantitative estimate of drug-likeness (QED) is 0.390. The molecule has 1 aliphatic heterocycles. The summed E-state index contributed by atoms with van der Waals surface area (Å²) < 4.78 is 16.3. The molecule has 1 atom stereocenters. The van der Waals surface area contributed by atoms with Gasteiger partial charge in [-0.15, -0.1) is 11.3 Å². The maximum atomic E-state index is 12.7. The van der Waals surface area contributed by atoms with Crippen LogP contribution in [0.2, 0.25) is 0 Å². The summed E-state index contributed by atoms with van der Waals surface area (Å²) in [6.07, 6.45) is 4.08. The van der Waals surface area contributed by atoms with Crippen LogP contribution in [0.15, 0.2) is 71.5 Å². The second-order valence-electron chi connectivity index (χ2n) is 7.19. The lowest BCUT2D eigenvalue weighted by molar-refractivity contribution is 0.0997. The van der Waals surface area contributed by atoms with Crippen molar-refractivity contribution in [1.82, 2.24) is 4.98 Å². The van der Waals surface area contributed by atoms with E-state index in [1.54, 1.807) is 29.7 Å². The van der Waals surface area contributed by atoms with Crippen LogP contribution < -0.4 is 20.1 Å². The summed E-state index contributed by atoms with van der Waals surface area (Å²) in [6, 6.07) is 16.8. The number of carbonyl (C=O) groups is 1. The Bertz CT molecular complexity index is 1220. The molecule has 0 spiro atoms. The number of amides is 1. The zero-order valence-corrected chi connectivity index (χ0v) is 18.1. The lowest BCUT2D eigenvalue weighted by Crippen LogP contribution is -2.16. The zero-order chi connectivity index (χ0) is 21.9. The van der Waals surface area contributed by atoms with Gasteiger partial charge in [0.2, 0.25) is 6.79 Å². The highest BCUT2D eigenvalue weighted by molar-refractivity contribution is 7.16. The molecule has 0 fully saturated rings. The van der Waals surface area contributed by atoms with Crippen LogP contribution in [0.3, 0.4) is 0 Å². The summed E-state index contributed by atoms with van der Waals surface area (Å²) in [4.78, 5) is 18.3. The van der Waals surface area contributed by atoms with Gasteiger partial charge in [0.25, 0.3) is 5.91 Å². The Hall–Kier alpha value is -3.78. The minimum Gasteiger partial charge on any atom is -0.459 e. The van der Waals surface area contributed by atoms with Gasteiger partial charge < -0.3 is 24.5 Å². The largest absolute Gasteiger partial charge is 0.459 e. The van der Waals surface area contributed by atoms with Crippen molar-refractivity contribution >= 4 is 28.1 Å². The normalized spacial score (nSPS) is 13.0. The van der Waals surface area contributed by atoms with Gasteiger partial charge in [0.05, 0.1) is 12.3 Å². The van der Waals surface area contributed by atoms with E-state index >= 15 is 0 Å². The van der Waals surface area contributed by atoms with E-state index < -0.39 is 0 Å². The number of benzene rings is 1. The third-order valence-electron chi connectivity index (χ3n) is 5.13. The lowest BCUT2D eigenvalue weighted by atomic mass is 9.99. The maximum Gasteiger partial charge on any atom is 0.291 e. The Balaban J connectivity index is 1.56. The molecule has 0 saturated heterocycles. The first-order valence-corrected chi connectivity index (χ1v) is 11.1. The van der Waals surface area contributed by atoms with Gasteiger partial charge in [-0.3, -0.25) is 4.79 Å². The minimum atomic E-state index is -0.289. The molecule has 0 saturated carbocycles. The number of rotatable bonds is 7. The first-order chi connectivity index (χ1) is 15.7. The molecule has 0 bridgehead atoms. The smallest absolute Gasteiger partial charge is 0.291 e. The van der Waals surface area contributed by atoms with Gasteiger partial charge in [-0.1, -0.05) is 19.1 Å². The summed E-state index contributed by atoms with van der Waals surface area (Å²) in [5, 5.41) is 7.30. The van der Waals surface area contributed by atoms with Gasteiger partial charge in [-0.25, -0.2) is 4.98 Å². The van der Waals surface area contributed by atoms with Gasteiger partial charge in [-0.2, -0.15) is 0 Å². The van der Waals surface area contributed by atoms with Crippen molar-refractivity contribution in [2.24, 2.45) is 0 Å². The van der Waals surface area contributed by atoms with Crippen LogP contribution in [0, 0.1) is 0 Å². The molecule has 8 heteroatoms. The fourth-order valence-electron chi connectivity index (χ4n) is 3.55. The second-order valence-corrected chi connectivity index (χ2v) is 8.32. The van der Waals surface area contributed by atoms with E-state index in [4.69, 9.17) is 13.9 Å². The number of ether oxygens (including phenoxy) is 2. The zero-order valence-electron chi connectivity index (χ0n) is 17.3. The minimum absolute atomic E-state index is 0.208. The second kappa shape index (κ2) is 8.76. The number of thiophene rings is 1. The average molecular weight is 448 g/mol. The van der Waals surface area contributed by atoms with Crippen molar-refractivity contribution in [2.45, 2.75) is 19.4 Å². The summed E-state index contributed by atoms with van der Waals surface area (Å²) in [5.41, 5.74) is 1.91. The van der Waals surface area contributed by atoms with Crippen LogP contribution in [-0.2, 0) is 6.42 Å². The third-order valence-corrected chi connectivity index (χ3v) is 6.34. The molecule has 1 aliphatic rings. The highest BCUT2D eigenvalue weighted by Crippen LogP contribution is 2.41. The van der Waals surface area contributed by atoms with Crippen LogP contribution in [0.25, 0.3) is 0 Å². The van der Waals surface area contributed by atoms with Crippen molar-refractivity contribution in [3.05, 3.63) is 88.8 Å². The van der Waals surface area contributed by atoms with E-state index in [2.05, 4.69) is 28.6 Å². The van der Waals surface area contributed by atoms with Crippen molar-refractivity contribution in [2.75, 3.05) is 17.4 Å². The molecular formula is C24H21N3O4S. The molecule has 5 rings (SSSR count). The highest BCUT2D eigenvalue weighted by Gasteiger charge is 2.25. The Morgan fingerprint density at radius 1 is 1.12 bits per heavy atom. The molecule has 4 heterocycles. The topological polar surface area (TPSA) is 85.6 Å². The van der Waals surface area contributed by atoms with E-state index in [0.717, 1.165) is 39.0 Å². The SMILES string of the molecule is CCc1cc([C@H](Nc2ccccn2)c2ccc3c(c2)OCO3)c(NC(=O)c2ccco2)s1. The first kappa shape index (κ1) is 20.1. The number of hydrogen-bond acceptors (Lipinski definition) is 7. The molecule has 3 aromatic heterocycles. The lowest BCUT2D eigenvalue weighted by Gasteiger charge is -2.21. The number of fused-ring (bicyclic) bond motifs is 1. The summed E-state index contributed by atoms with van der Waals surface area (Å²) in [5.74, 6) is 2.11. The fraction of sp³-hybridized carbons (Fsp3) is 0.167. The summed E-state index contributed by atoms with van der Waals surface area (Å²) in [7, 11) is 0. The molecule has 162 valence electrons. The van der Waals surface area contributed by atoms with Gasteiger partial charge in [-0.05, 0) is 54.4 Å². The third kappa shape index (κ3) is 4.04. The molecule has 7 nitrogen and oxygen atoms in total. The van der Waals surface area contributed by atoms with E-state index in [9.17, 15) is 4.79 Å². The van der Waals surface area contributed by atoms with Crippen LogP contribution >= 0.6 is 11.3 Å². The van der Waals surface area contributed by atoms with E-state index in [1.807, 2.05) is 36.4 Å². The van der Waals surface area contributed by atoms with Crippen molar-refractivity contribution in [3.8, 4) is 11.5 Å².